The van der Waals surface area contributed by atoms with E-state index in [0.29, 0.717) is 6.42 Å². The molecule has 27 heavy (non-hydrogen) atoms. The first-order valence-electron chi connectivity index (χ1n) is 8.83. The van der Waals surface area contributed by atoms with Gasteiger partial charge in [-0.2, -0.15) is 0 Å². The molecule has 0 spiro atoms. The highest BCUT2D eigenvalue weighted by Gasteiger charge is 2.36. The number of ether oxygens (including phenoxy) is 2. The van der Waals surface area contributed by atoms with Gasteiger partial charge in [0, 0.05) is 24.1 Å². The van der Waals surface area contributed by atoms with E-state index in [4.69, 9.17) is 9.47 Å². The monoisotopic (exact) mass is 383 g/mol. The van der Waals surface area contributed by atoms with Crippen LogP contribution >= 0.6 is 0 Å². The zero-order valence-electron chi connectivity index (χ0n) is 15.4. The summed E-state index contributed by atoms with van der Waals surface area (Å²) in [4.78, 5) is 37.3. The van der Waals surface area contributed by atoms with Crippen molar-refractivity contribution in [2.75, 3.05) is 20.3 Å². The minimum Gasteiger partial charge on any atom is -0.466 e. The van der Waals surface area contributed by atoms with E-state index in [0.717, 1.165) is 12.1 Å². The summed E-state index contributed by atoms with van der Waals surface area (Å²) in [5.74, 6) is -2.80. The third-order valence-electron chi connectivity index (χ3n) is 4.71. The summed E-state index contributed by atoms with van der Waals surface area (Å²) < 4.78 is 37.6. The van der Waals surface area contributed by atoms with Crippen molar-refractivity contribution in [3.05, 3.63) is 35.4 Å². The molecule has 2 atom stereocenters. The van der Waals surface area contributed by atoms with E-state index in [-0.39, 0.29) is 43.8 Å². The van der Waals surface area contributed by atoms with Crippen LogP contribution in [-0.2, 0) is 25.5 Å². The van der Waals surface area contributed by atoms with Crippen LogP contribution in [0.25, 0.3) is 0 Å². The van der Waals surface area contributed by atoms with Crippen LogP contribution in [0.5, 0.6) is 0 Å². The van der Waals surface area contributed by atoms with Crippen molar-refractivity contribution in [2.24, 2.45) is 5.92 Å². The predicted octanol–water partition coefficient (Wildman–Crippen LogP) is 2.88. The van der Waals surface area contributed by atoms with Crippen molar-refractivity contribution in [1.29, 1.82) is 0 Å². The molecule has 0 N–H and O–H groups in total. The quantitative estimate of drug-likeness (QED) is 0.558. The SMILES string of the molecule is CCOC(=O)CC(=O)[C@H]1CCN(C(=O)OC)[C@@H](Cc2c(F)cccc2F)C1. The molecular formula is C19H23F2NO5. The van der Waals surface area contributed by atoms with Crippen LogP contribution in [0.15, 0.2) is 18.2 Å². The van der Waals surface area contributed by atoms with E-state index >= 15 is 0 Å². The van der Waals surface area contributed by atoms with Crippen molar-refractivity contribution in [2.45, 2.75) is 38.6 Å². The number of rotatable bonds is 6. The third-order valence-corrected chi connectivity index (χ3v) is 4.71. The Kier molecular flexibility index (Phi) is 7.27. The van der Waals surface area contributed by atoms with Gasteiger partial charge in [0.1, 0.15) is 23.8 Å². The minimum atomic E-state index is -0.709. The maximum absolute atomic E-state index is 14.0. The molecule has 1 amide bonds. The van der Waals surface area contributed by atoms with Gasteiger partial charge in [-0.15, -0.1) is 0 Å². The molecule has 148 valence electrons. The normalized spacial score (nSPS) is 19.5. The number of amides is 1. The molecule has 6 nitrogen and oxygen atoms in total. The molecular weight excluding hydrogens is 360 g/mol. The number of likely N-dealkylation sites (tertiary alicyclic amines) is 1. The zero-order chi connectivity index (χ0) is 20.0. The van der Waals surface area contributed by atoms with Crippen LogP contribution < -0.4 is 0 Å². The summed E-state index contributed by atoms with van der Waals surface area (Å²) >= 11 is 0. The van der Waals surface area contributed by atoms with E-state index in [1.807, 2.05) is 0 Å². The highest BCUT2D eigenvalue weighted by Crippen LogP contribution is 2.29. The summed E-state index contributed by atoms with van der Waals surface area (Å²) in [5.41, 5.74) is -0.144. The Labute approximate surface area is 156 Å². The lowest BCUT2D eigenvalue weighted by Crippen LogP contribution is -2.48. The van der Waals surface area contributed by atoms with Crippen LogP contribution in [0.4, 0.5) is 13.6 Å². The molecule has 1 fully saturated rings. The third kappa shape index (κ3) is 5.24. The number of carbonyl (C=O) groups excluding carboxylic acids is 3. The second-order valence-electron chi connectivity index (χ2n) is 6.39. The van der Waals surface area contributed by atoms with Crippen LogP contribution in [-0.4, -0.2) is 49.0 Å². The molecule has 1 aliphatic rings. The summed E-state index contributed by atoms with van der Waals surface area (Å²) in [7, 11) is 1.22. The molecule has 0 unspecified atom stereocenters. The number of Topliss-reactive ketones (excluding diaryl/α,β-unsaturated/α-hetero) is 1. The molecule has 2 rings (SSSR count). The molecule has 1 aromatic carbocycles. The van der Waals surface area contributed by atoms with E-state index < -0.39 is 35.7 Å². The number of piperidine rings is 1. The van der Waals surface area contributed by atoms with Crippen molar-refractivity contribution < 1.29 is 32.6 Å². The Morgan fingerprint density at radius 2 is 1.89 bits per heavy atom. The summed E-state index contributed by atoms with van der Waals surface area (Å²) in [5, 5.41) is 0. The first kappa shape index (κ1) is 20.8. The van der Waals surface area contributed by atoms with Gasteiger partial charge in [0.15, 0.2) is 0 Å². The lowest BCUT2D eigenvalue weighted by atomic mass is 9.84. The number of benzene rings is 1. The highest BCUT2D eigenvalue weighted by molar-refractivity contribution is 5.96. The molecule has 0 aliphatic carbocycles. The van der Waals surface area contributed by atoms with Gasteiger partial charge in [-0.05, 0) is 38.3 Å². The Bertz CT molecular complexity index is 689. The van der Waals surface area contributed by atoms with Crippen molar-refractivity contribution in [3.8, 4) is 0 Å². The van der Waals surface area contributed by atoms with Crippen molar-refractivity contribution in [1.82, 2.24) is 4.90 Å². The second-order valence-corrected chi connectivity index (χ2v) is 6.39. The summed E-state index contributed by atoms with van der Waals surface area (Å²) in [6, 6.07) is 2.94. The smallest absolute Gasteiger partial charge is 0.409 e. The number of nitrogens with zero attached hydrogens (tertiary/aromatic N) is 1. The van der Waals surface area contributed by atoms with Gasteiger partial charge in [-0.25, -0.2) is 13.6 Å². The molecule has 8 heteroatoms. The standard InChI is InChI=1S/C19H23F2NO5/c1-3-27-18(24)11-17(23)12-7-8-22(19(25)26-2)13(9-12)10-14-15(20)5-4-6-16(14)21/h4-6,12-13H,3,7-11H2,1-2H3/t12-,13+/m0/s1. The molecule has 0 aromatic heterocycles. The Hall–Kier alpha value is -2.51. The minimum absolute atomic E-state index is 0.0865. The number of halogens is 2. The van der Waals surface area contributed by atoms with Gasteiger partial charge in [0.05, 0.1) is 13.7 Å². The number of methoxy groups -OCH3 is 1. The molecule has 0 radical (unpaired) electrons. The fourth-order valence-electron chi connectivity index (χ4n) is 3.36. The number of hydrogen-bond donors (Lipinski definition) is 0. The zero-order valence-corrected chi connectivity index (χ0v) is 15.4. The van der Waals surface area contributed by atoms with E-state index in [9.17, 15) is 23.2 Å². The molecule has 1 heterocycles. The molecule has 0 bridgehead atoms. The van der Waals surface area contributed by atoms with Gasteiger partial charge in [0.25, 0.3) is 0 Å². The fourth-order valence-corrected chi connectivity index (χ4v) is 3.36. The highest BCUT2D eigenvalue weighted by atomic mass is 19.1. The fraction of sp³-hybridized carbons (Fsp3) is 0.526. The van der Waals surface area contributed by atoms with E-state index in [1.54, 1.807) is 6.92 Å². The summed E-state index contributed by atoms with van der Waals surface area (Å²) in [6.45, 7) is 2.03. The van der Waals surface area contributed by atoms with Crippen LogP contribution in [0.1, 0.15) is 31.7 Å². The molecule has 1 aliphatic heterocycles. The van der Waals surface area contributed by atoms with Crippen LogP contribution in [0.3, 0.4) is 0 Å². The van der Waals surface area contributed by atoms with Crippen molar-refractivity contribution >= 4 is 17.8 Å². The van der Waals surface area contributed by atoms with Gasteiger partial charge in [-0.3, -0.25) is 9.59 Å². The first-order valence-corrected chi connectivity index (χ1v) is 8.83. The second kappa shape index (κ2) is 9.43. The number of ketones is 1. The van der Waals surface area contributed by atoms with E-state index in [2.05, 4.69) is 0 Å². The average Bonchev–Trinajstić information content (AvgIpc) is 2.64. The van der Waals surface area contributed by atoms with Gasteiger partial charge < -0.3 is 14.4 Å². The first-order chi connectivity index (χ1) is 12.9. The average molecular weight is 383 g/mol. The predicted molar refractivity (Wildman–Crippen MR) is 91.9 cm³/mol. The Morgan fingerprint density at radius 1 is 1.22 bits per heavy atom. The Balaban J connectivity index is 2.16. The van der Waals surface area contributed by atoms with Crippen LogP contribution in [0.2, 0.25) is 0 Å². The topological polar surface area (TPSA) is 72.9 Å². The number of carbonyl (C=O) groups is 3. The summed E-state index contributed by atoms with van der Waals surface area (Å²) in [6.07, 6.45) is -0.507. The van der Waals surface area contributed by atoms with Gasteiger partial charge in [0.2, 0.25) is 0 Å². The molecule has 1 saturated heterocycles. The number of esters is 1. The number of hydrogen-bond acceptors (Lipinski definition) is 5. The van der Waals surface area contributed by atoms with Gasteiger partial charge >= 0.3 is 12.1 Å². The maximum atomic E-state index is 14.0. The van der Waals surface area contributed by atoms with E-state index in [1.165, 1.54) is 18.1 Å². The largest absolute Gasteiger partial charge is 0.466 e. The lowest BCUT2D eigenvalue weighted by molar-refractivity contribution is -0.146. The Morgan fingerprint density at radius 3 is 2.48 bits per heavy atom. The molecule has 1 aromatic rings. The maximum Gasteiger partial charge on any atom is 0.409 e. The van der Waals surface area contributed by atoms with Gasteiger partial charge in [-0.1, -0.05) is 6.07 Å². The molecule has 0 saturated carbocycles. The van der Waals surface area contributed by atoms with Crippen LogP contribution in [0, 0.1) is 17.6 Å². The lowest BCUT2D eigenvalue weighted by Gasteiger charge is -2.38. The van der Waals surface area contributed by atoms with Crippen molar-refractivity contribution in [3.63, 3.8) is 0 Å².